The van der Waals surface area contributed by atoms with E-state index in [0.29, 0.717) is 11.3 Å². The first-order valence-electron chi connectivity index (χ1n) is 6.03. The second kappa shape index (κ2) is 6.80. The predicted octanol–water partition coefficient (Wildman–Crippen LogP) is 3.08. The third kappa shape index (κ3) is 4.25. The molecule has 0 fully saturated rings. The van der Waals surface area contributed by atoms with Crippen molar-refractivity contribution in [3.05, 3.63) is 57.8 Å². The summed E-state index contributed by atoms with van der Waals surface area (Å²) in [6.45, 7) is -2.40. The molecular formula is C13H12F2N2O4. The summed E-state index contributed by atoms with van der Waals surface area (Å²) in [5.74, 6) is 0.132. The van der Waals surface area contributed by atoms with Gasteiger partial charge in [0.2, 0.25) is 0 Å². The molecule has 0 atom stereocenters. The minimum atomic E-state index is -2.89. The number of nitrogens with zero attached hydrogens (tertiary/aromatic N) is 1. The van der Waals surface area contributed by atoms with E-state index < -0.39 is 11.5 Å². The van der Waals surface area contributed by atoms with Crippen molar-refractivity contribution in [1.29, 1.82) is 0 Å². The Morgan fingerprint density at radius 1 is 1.24 bits per heavy atom. The third-order valence-corrected chi connectivity index (χ3v) is 2.63. The minimum absolute atomic E-state index is 0.0884. The van der Waals surface area contributed by atoms with Crippen LogP contribution in [-0.4, -0.2) is 11.5 Å². The van der Waals surface area contributed by atoms with Gasteiger partial charge in [-0.15, -0.1) is 0 Å². The highest BCUT2D eigenvalue weighted by molar-refractivity contribution is 5.33. The van der Waals surface area contributed by atoms with E-state index in [1.54, 1.807) is 18.2 Å². The van der Waals surface area contributed by atoms with E-state index in [-0.39, 0.29) is 24.7 Å². The third-order valence-electron chi connectivity index (χ3n) is 2.63. The van der Waals surface area contributed by atoms with E-state index in [9.17, 15) is 18.9 Å². The van der Waals surface area contributed by atoms with Crippen molar-refractivity contribution in [1.82, 2.24) is 5.32 Å². The van der Waals surface area contributed by atoms with Crippen LogP contribution in [0, 0.1) is 10.1 Å². The quantitative estimate of drug-likeness (QED) is 0.628. The summed E-state index contributed by atoms with van der Waals surface area (Å²) >= 11 is 0. The van der Waals surface area contributed by atoms with Gasteiger partial charge in [-0.2, -0.15) is 8.78 Å². The molecule has 1 aromatic carbocycles. The average molecular weight is 298 g/mol. The number of nitrogens with one attached hydrogen (secondary N) is 1. The Morgan fingerprint density at radius 3 is 2.67 bits per heavy atom. The van der Waals surface area contributed by atoms with E-state index in [1.165, 1.54) is 18.2 Å². The summed E-state index contributed by atoms with van der Waals surface area (Å²) in [4.78, 5) is 9.83. The standard InChI is InChI=1S/C13H12F2N2O4/c14-13(15)21-11-4-2-1-3-9(11)7-16-8-10-5-6-12(20-10)17(18)19/h1-6,13,16H,7-8H2. The number of furan rings is 1. The second-order valence-corrected chi connectivity index (χ2v) is 4.09. The van der Waals surface area contributed by atoms with Crippen molar-refractivity contribution in [2.24, 2.45) is 0 Å². The van der Waals surface area contributed by atoms with Gasteiger partial charge in [0.15, 0.2) is 0 Å². The molecule has 6 nitrogen and oxygen atoms in total. The molecule has 0 unspecified atom stereocenters. The highest BCUT2D eigenvalue weighted by Crippen LogP contribution is 2.20. The van der Waals surface area contributed by atoms with Crippen LogP contribution in [-0.2, 0) is 13.1 Å². The summed E-state index contributed by atoms with van der Waals surface area (Å²) in [6, 6.07) is 9.12. The molecule has 0 saturated carbocycles. The maximum atomic E-state index is 12.2. The first-order valence-corrected chi connectivity index (χ1v) is 6.03. The van der Waals surface area contributed by atoms with Crippen LogP contribution in [0.1, 0.15) is 11.3 Å². The van der Waals surface area contributed by atoms with Crippen LogP contribution in [0.4, 0.5) is 14.7 Å². The zero-order valence-electron chi connectivity index (χ0n) is 10.8. The van der Waals surface area contributed by atoms with Crippen LogP contribution >= 0.6 is 0 Å². The Kier molecular flexibility index (Phi) is 4.83. The van der Waals surface area contributed by atoms with Gasteiger partial charge < -0.3 is 14.5 Å². The highest BCUT2D eigenvalue weighted by atomic mass is 19.3. The van der Waals surface area contributed by atoms with E-state index in [0.717, 1.165) is 0 Å². The minimum Gasteiger partial charge on any atom is -0.434 e. The zero-order chi connectivity index (χ0) is 15.2. The molecule has 0 bridgehead atoms. The molecule has 1 aromatic heterocycles. The lowest BCUT2D eigenvalue weighted by Crippen LogP contribution is -2.14. The number of rotatable bonds is 7. The Balaban J connectivity index is 1.92. The molecule has 1 heterocycles. The summed E-state index contributed by atoms with van der Waals surface area (Å²) in [7, 11) is 0. The zero-order valence-corrected chi connectivity index (χ0v) is 10.8. The normalized spacial score (nSPS) is 10.8. The lowest BCUT2D eigenvalue weighted by Gasteiger charge is -2.10. The molecule has 0 aliphatic heterocycles. The van der Waals surface area contributed by atoms with Crippen LogP contribution in [0.25, 0.3) is 0 Å². The van der Waals surface area contributed by atoms with Crippen molar-refractivity contribution in [3.63, 3.8) is 0 Å². The van der Waals surface area contributed by atoms with Crippen LogP contribution < -0.4 is 10.1 Å². The number of hydrogen-bond acceptors (Lipinski definition) is 5. The maximum Gasteiger partial charge on any atom is 0.433 e. The molecule has 0 spiro atoms. The highest BCUT2D eigenvalue weighted by Gasteiger charge is 2.12. The lowest BCUT2D eigenvalue weighted by molar-refractivity contribution is -0.402. The van der Waals surface area contributed by atoms with Crippen molar-refractivity contribution in [3.8, 4) is 5.75 Å². The second-order valence-electron chi connectivity index (χ2n) is 4.09. The number of benzene rings is 1. The molecule has 0 aliphatic rings. The van der Waals surface area contributed by atoms with Crippen LogP contribution in [0.3, 0.4) is 0 Å². The number of alkyl halides is 2. The van der Waals surface area contributed by atoms with Gasteiger partial charge in [0.25, 0.3) is 0 Å². The molecule has 0 saturated heterocycles. The molecule has 0 radical (unpaired) electrons. The molecular weight excluding hydrogens is 286 g/mol. The smallest absolute Gasteiger partial charge is 0.433 e. The van der Waals surface area contributed by atoms with Crippen LogP contribution in [0.15, 0.2) is 40.8 Å². The molecule has 0 aliphatic carbocycles. The molecule has 8 heteroatoms. The SMILES string of the molecule is O=[N+]([O-])c1ccc(CNCc2ccccc2OC(F)F)o1. The predicted molar refractivity (Wildman–Crippen MR) is 69.0 cm³/mol. The van der Waals surface area contributed by atoms with Gasteiger partial charge >= 0.3 is 12.5 Å². The Morgan fingerprint density at radius 2 is 2.00 bits per heavy atom. The molecule has 112 valence electrons. The summed E-state index contributed by atoms with van der Waals surface area (Å²) in [5, 5.41) is 13.4. The first kappa shape index (κ1) is 14.9. The summed E-state index contributed by atoms with van der Waals surface area (Å²) < 4.78 is 33.9. The average Bonchev–Trinajstić information content (AvgIpc) is 2.89. The van der Waals surface area contributed by atoms with Crippen molar-refractivity contribution >= 4 is 5.88 Å². The van der Waals surface area contributed by atoms with Gasteiger partial charge in [-0.25, -0.2) is 0 Å². The fourth-order valence-corrected chi connectivity index (χ4v) is 1.74. The summed E-state index contributed by atoms with van der Waals surface area (Å²) in [6.07, 6.45) is 0. The molecule has 21 heavy (non-hydrogen) atoms. The van der Waals surface area contributed by atoms with E-state index >= 15 is 0 Å². The van der Waals surface area contributed by atoms with Crippen LogP contribution in [0.2, 0.25) is 0 Å². The maximum absolute atomic E-state index is 12.2. The van der Waals surface area contributed by atoms with Gasteiger partial charge in [0.05, 0.1) is 12.6 Å². The number of halogens is 2. The van der Waals surface area contributed by atoms with E-state index in [4.69, 9.17) is 4.42 Å². The Labute approximate surface area is 118 Å². The topological polar surface area (TPSA) is 77.5 Å². The van der Waals surface area contributed by atoms with Gasteiger partial charge in [0, 0.05) is 12.1 Å². The fraction of sp³-hybridized carbons (Fsp3) is 0.231. The van der Waals surface area contributed by atoms with E-state index in [2.05, 4.69) is 10.1 Å². The van der Waals surface area contributed by atoms with Crippen molar-refractivity contribution in [2.45, 2.75) is 19.7 Å². The first-order chi connectivity index (χ1) is 10.1. The molecule has 1 N–H and O–H groups in total. The van der Waals surface area contributed by atoms with Gasteiger partial charge in [-0.1, -0.05) is 18.2 Å². The lowest BCUT2D eigenvalue weighted by atomic mass is 10.2. The Hall–Kier alpha value is -2.48. The molecule has 0 amide bonds. The van der Waals surface area contributed by atoms with Crippen molar-refractivity contribution < 1.29 is 22.9 Å². The van der Waals surface area contributed by atoms with Gasteiger partial charge in [0.1, 0.15) is 16.4 Å². The number of hydrogen-bond donors (Lipinski definition) is 1. The van der Waals surface area contributed by atoms with Crippen LogP contribution in [0.5, 0.6) is 5.75 Å². The molecule has 2 rings (SSSR count). The monoisotopic (exact) mass is 298 g/mol. The number of nitro groups is 1. The molecule has 2 aromatic rings. The largest absolute Gasteiger partial charge is 0.434 e. The Bertz CT molecular complexity index is 616. The van der Waals surface area contributed by atoms with E-state index in [1.807, 2.05) is 0 Å². The number of para-hydroxylation sites is 1. The fourth-order valence-electron chi connectivity index (χ4n) is 1.74. The van der Waals surface area contributed by atoms with Gasteiger partial charge in [-0.05, 0) is 12.1 Å². The number of ether oxygens (including phenoxy) is 1. The van der Waals surface area contributed by atoms with Gasteiger partial charge in [-0.3, -0.25) is 10.1 Å². The van der Waals surface area contributed by atoms with Crippen molar-refractivity contribution in [2.75, 3.05) is 0 Å². The summed E-state index contributed by atoms with van der Waals surface area (Å²) in [5.41, 5.74) is 0.554.